The van der Waals surface area contributed by atoms with Crippen LogP contribution in [0.15, 0.2) is 72.8 Å². The van der Waals surface area contributed by atoms with Crippen LogP contribution in [0.5, 0.6) is 5.75 Å². The quantitative estimate of drug-likeness (QED) is 0.456. The molecule has 0 aliphatic heterocycles. The van der Waals surface area contributed by atoms with E-state index < -0.39 is 17.7 Å². The van der Waals surface area contributed by atoms with Crippen LogP contribution in [0, 0.1) is 11.6 Å². The van der Waals surface area contributed by atoms with Gasteiger partial charge in [0, 0.05) is 18.7 Å². The average Bonchev–Trinajstić information content (AvgIpc) is 2.78. The van der Waals surface area contributed by atoms with Gasteiger partial charge in [0.1, 0.15) is 24.0 Å². The lowest BCUT2D eigenvalue weighted by Gasteiger charge is -2.29. The van der Waals surface area contributed by atoms with Crippen LogP contribution in [0.4, 0.5) is 19.3 Å². The number of hydrogen-bond acceptors (Lipinski definition) is 2. The van der Waals surface area contributed by atoms with Gasteiger partial charge < -0.3 is 15.0 Å². The molecule has 2 amide bonds. The van der Waals surface area contributed by atoms with Crippen molar-refractivity contribution in [1.29, 1.82) is 0 Å². The van der Waals surface area contributed by atoms with Crippen molar-refractivity contribution in [1.82, 2.24) is 4.90 Å². The maximum atomic E-state index is 14.0. The van der Waals surface area contributed by atoms with Gasteiger partial charge in [-0.1, -0.05) is 49.4 Å². The number of ether oxygens (including phenoxy) is 1. The Morgan fingerprint density at radius 3 is 2.45 bits per heavy atom. The van der Waals surface area contributed by atoms with E-state index in [1.807, 2.05) is 68.4 Å². The van der Waals surface area contributed by atoms with Crippen molar-refractivity contribution in [2.24, 2.45) is 0 Å². The fourth-order valence-electron chi connectivity index (χ4n) is 3.10. The van der Waals surface area contributed by atoms with Crippen LogP contribution in [0.2, 0.25) is 0 Å². The van der Waals surface area contributed by atoms with Gasteiger partial charge in [0.15, 0.2) is 0 Å². The summed E-state index contributed by atoms with van der Waals surface area (Å²) in [6.45, 7) is 4.68. The lowest BCUT2D eigenvalue weighted by atomic mass is 10.1. The van der Waals surface area contributed by atoms with Crippen molar-refractivity contribution >= 4 is 11.7 Å². The molecule has 3 rings (SSSR count). The molecular weight excluding hydrogens is 398 g/mol. The maximum Gasteiger partial charge on any atom is 0.322 e. The van der Waals surface area contributed by atoms with E-state index in [4.69, 9.17) is 4.74 Å². The molecule has 31 heavy (non-hydrogen) atoms. The Bertz CT molecular complexity index is 1010. The van der Waals surface area contributed by atoms with Crippen molar-refractivity contribution in [2.75, 3.05) is 5.32 Å². The van der Waals surface area contributed by atoms with Crippen LogP contribution in [0.3, 0.4) is 0 Å². The fraction of sp³-hybridized carbons (Fsp3) is 0.240. The Labute approximate surface area is 181 Å². The highest BCUT2D eigenvalue weighted by Crippen LogP contribution is 2.20. The van der Waals surface area contributed by atoms with Gasteiger partial charge in [0.25, 0.3) is 0 Å². The fourth-order valence-corrected chi connectivity index (χ4v) is 3.10. The lowest BCUT2D eigenvalue weighted by Crippen LogP contribution is -2.40. The van der Waals surface area contributed by atoms with E-state index in [2.05, 4.69) is 5.32 Å². The topological polar surface area (TPSA) is 41.6 Å². The van der Waals surface area contributed by atoms with E-state index in [0.29, 0.717) is 18.9 Å². The van der Waals surface area contributed by atoms with E-state index in [1.165, 1.54) is 6.07 Å². The maximum absolute atomic E-state index is 14.0. The van der Waals surface area contributed by atoms with Gasteiger partial charge >= 0.3 is 6.03 Å². The lowest BCUT2D eigenvalue weighted by molar-refractivity contribution is 0.186. The molecule has 0 aliphatic rings. The summed E-state index contributed by atoms with van der Waals surface area (Å²) in [5, 5.41) is 2.55. The highest BCUT2D eigenvalue weighted by Gasteiger charge is 2.21. The third-order valence-electron chi connectivity index (χ3n) is 5.06. The summed E-state index contributed by atoms with van der Waals surface area (Å²) in [6, 6.07) is 20.0. The number of amides is 2. The molecule has 0 saturated carbocycles. The zero-order valence-corrected chi connectivity index (χ0v) is 17.6. The van der Waals surface area contributed by atoms with Crippen LogP contribution in [0.1, 0.15) is 31.4 Å². The molecule has 0 heterocycles. The molecule has 0 bridgehead atoms. The van der Waals surface area contributed by atoms with Crippen LogP contribution < -0.4 is 10.1 Å². The first-order valence-corrected chi connectivity index (χ1v) is 10.2. The summed E-state index contributed by atoms with van der Waals surface area (Å²) in [5.74, 6) is -0.800. The Morgan fingerprint density at radius 1 is 1.00 bits per heavy atom. The second-order valence-electron chi connectivity index (χ2n) is 7.36. The summed E-state index contributed by atoms with van der Waals surface area (Å²) < 4.78 is 33.0. The monoisotopic (exact) mass is 424 g/mol. The summed E-state index contributed by atoms with van der Waals surface area (Å²) in [7, 11) is 0. The zero-order valence-electron chi connectivity index (χ0n) is 17.6. The Morgan fingerprint density at radius 2 is 1.74 bits per heavy atom. The Kier molecular flexibility index (Phi) is 7.60. The Balaban J connectivity index is 1.70. The SMILES string of the molecule is CCC(C)N(Cc1cccc(OCc2ccccc2)c1)C(=O)Nc1ccc(F)cc1F. The van der Waals surface area contributed by atoms with Gasteiger partial charge in [-0.25, -0.2) is 13.6 Å². The number of rotatable bonds is 8. The van der Waals surface area contributed by atoms with E-state index in [0.717, 1.165) is 29.7 Å². The normalized spacial score (nSPS) is 11.6. The number of halogens is 2. The largest absolute Gasteiger partial charge is 0.489 e. The first-order valence-electron chi connectivity index (χ1n) is 10.2. The smallest absolute Gasteiger partial charge is 0.322 e. The molecule has 0 spiro atoms. The molecule has 4 nitrogen and oxygen atoms in total. The molecule has 1 unspecified atom stereocenters. The van der Waals surface area contributed by atoms with Crippen LogP contribution in [0.25, 0.3) is 0 Å². The van der Waals surface area contributed by atoms with Crippen molar-refractivity contribution in [2.45, 2.75) is 39.5 Å². The standard InChI is InChI=1S/C25H26F2N2O2/c1-3-18(2)29(25(30)28-24-13-12-21(26)15-23(24)27)16-20-10-7-11-22(14-20)31-17-19-8-5-4-6-9-19/h4-15,18H,3,16-17H2,1-2H3,(H,28,30). The molecule has 0 fully saturated rings. The minimum absolute atomic E-state index is 0.0559. The molecule has 1 N–H and O–H groups in total. The van der Waals surface area contributed by atoms with Crippen molar-refractivity contribution in [3.63, 3.8) is 0 Å². The summed E-state index contributed by atoms with van der Waals surface area (Å²) in [4.78, 5) is 14.5. The van der Waals surface area contributed by atoms with Crippen LogP contribution in [-0.2, 0) is 13.2 Å². The number of carbonyl (C=O) groups is 1. The number of urea groups is 1. The molecule has 0 aromatic heterocycles. The first kappa shape index (κ1) is 22.3. The summed E-state index contributed by atoms with van der Waals surface area (Å²) in [6.07, 6.45) is 0.726. The molecule has 3 aromatic carbocycles. The van der Waals surface area contributed by atoms with Crippen molar-refractivity contribution < 1.29 is 18.3 Å². The number of carbonyl (C=O) groups excluding carboxylic acids is 1. The Hall–Kier alpha value is -3.41. The van der Waals surface area contributed by atoms with E-state index in [9.17, 15) is 13.6 Å². The van der Waals surface area contributed by atoms with Crippen molar-refractivity contribution in [3.05, 3.63) is 95.6 Å². The summed E-state index contributed by atoms with van der Waals surface area (Å²) in [5.41, 5.74) is 1.90. The third kappa shape index (κ3) is 6.28. The minimum atomic E-state index is -0.811. The van der Waals surface area contributed by atoms with Crippen LogP contribution in [-0.4, -0.2) is 17.0 Å². The van der Waals surface area contributed by atoms with Crippen molar-refractivity contribution in [3.8, 4) is 5.75 Å². The average molecular weight is 424 g/mol. The number of anilines is 1. The second kappa shape index (κ2) is 10.6. The highest BCUT2D eigenvalue weighted by atomic mass is 19.1. The van der Waals surface area contributed by atoms with Gasteiger partial charge in [0.2, 0.25) is 0 Å². The molecule has 162 valence electrons. The molecule has 1 atom stereocenters. The molecular formula is C25H26F2N2O2. The van der Waals surface area contributed by atoms with Crippen LogP contribution >= 0.6 is 0 Å². The number of hydrogen-bond donors (Lipinski definition) is 1. The molecule has 0 radical (unpaired) electrons. The second-order valence-corrected chi connectivity index (χ2v) is 7.36. The predicted molar refractivity (Wildman–Crippen MR) is 118 cm³/mol. The first-order chi connectivity index (χ1) is 15.0. The van der Waals surface area contributed by atoms with E-state index >= 15 is 0 Å². The number of nitrogens with one attached hydrogen (secondary N) is 1. The van der Waals surface area contributed by atoms with Gasteiger partial charge in [-0.05, 0) is 48.7 Å². The van der Waals surface area contributed by atoms with Gasteiger partial charge in [0.05, 0.1) is 5.69 Å². The van der Waals surface area contributed by atoms with Gasteiger partial charge in [-0.2, -0.15) is 0 Å². The number of nitrogens with zero attached hydrogens (tertiary/aromatic N) is 1. The van der Waals surface area contributed by atoms with Gasteiger partial charge in [-0.15, -0.1) is 0 Å². The molecule has 0 aliphatic carbocycles. The number of benzene rings is 3. The minimum Gasteiger partial charge on any atom is -0.489 e. The predicted octanol–water partition coefficient (Wildman–Crippen LogP) is 6.38. The highest BCUT2D eigenvalue weighted by molar-refractivity contribution is 5.89. The third-order valence-corrected chi connectivity index (χ3v) is 5.06. The summed E-state index contributed by atoms with van der Waals surface area (Å²) >= 11 is 0. The van der Waals surface area contributed by atoms with E-state index in [-0.39, 0.29) is 11.7 Å². The zero-order chi connectivity index (χ0) is 22.2. The van der Waals surface area contributed by atoms with Gasteiger partial charge in [-0.3, -0.25) is 0 Å². The molecule has 3 aromatic rings. The molecule has 0 saturated heterocycles. The van der Waals surface area contributed by atoms with E-state index in [1.54, 1.807) is 4.90 Å². The molecule has 6 heteroatoms.